The number of hydrogen-bond donors (Lipinski definition) is 3. The molecule has 0 fully saturated rings. The molecule has 0 radical (unpaired) electrons. The van der Waals surface area contributed by atoms with E-state index in [2.05, 4.69) is 33.1 Å². The van der Waals surface area contributed by atoms with Gasteiger partial charge in [-0.25, -0.2) is 4.98 Å². The standard InChI is InChI=1S/C26H26N6O2S2/c1-34-9-8-28-7-5-23(33)32-26-24(19-4-6-29-15-22(19)36-26)25-31-20-11-17(2-3-21(20)35-25)18-10-16(12-27)13-30-14-18/h2-3,10-11,13-14,28-29H,4-9,15H2,1H3,(H,32,33). The maximum absolute atomic E-state index is 12.7. The fraction of sp³-hybridized carbons (Fsp3) is 0.308. The lowest BCUT2D eigenvalue weighted by molar-refractivity contribution is -0.116. The van der Waals surface area contributed by atoms with Crippen LogP contribution in [-0.4, -0.2) is 49.2 Å². The maximum atomic E-state index is 12.7. The van der Waals surface area contributed by atoms with Gasteiger partial charge >= 0.3 is 0 Å². The van der Waals surface area contributed by atoms with E-state index in [0.717, 1.165) is 63.0 Å². The third-order valence-corrected chi connectivity index (χ3v) is 8.20. The van der Waals surface area contributed by atoms with Crippen LogP contribution in [0, 0.1) is 11.3 Å². The van der Waals surface area contributed by atoms with Gasteiger partial charge < -0.3 is 20.7 Å². The van der Waals surface area contributed by atoms with E-state index in [9.17, 15) is 10.1 Å². The Morgan fingerprint density at radius 2 is 2.14 bits per heavy atom. The zero-order valence-electron chi connectivity index (χ0n) is 19.9. The molecule has 5 rings (SSSR count). The molecule has 0 saturated heterocycles. The number of ether oxygens (including phenoxy) is 1. The topological polar surface area (TPSA) is 112 Å². The molecule has 1 aromatic carbocycles. The number of rotatable bonds is 9. The Morgan fingerprint density at radius 1 is 1.22 bits per heavy atom. The highest BCUT2D eigenvalue weighted by Gasteiger charge is 2.25. The fourth-order valence-electron chi connectivity index (χ4n) is 4.21. The van der Waals surface area contributed by atoms with Gasteiger partial charge in [0.25, 0.3) is 0 Å². The second-order valence-electron chi connectivity index (χ2n) is 8.45. The summed E-state index contributed by atoms with van der Waals surface area (Å²) >= 11 is 3.28. The van der Waals surface area contributed by atoms with Crippen molar-refractivity contribution in [2.45, 2.75) is 19.4 Å². The molecule has 8 nitrogen and oxygen atoms in total. The number of hydrogen-bond acceptors (Lipinski definition) is 9. The number of amides is 1. The monoisotopic (exact) mass is 518 g/mol. The van der Waals surface area contributed by atoms with E-state index >= 15 is 0 Å². The Kier molecular flexibility index (Phi) is 7.65. The molecule has 0 atom stereocenters. The van der Waals surface area contributed by atoms with E-state index in [4.69, 9.17) is 9.72 Å². The van der Waals surface area contributed by atoms with Gasteiger partial charge in [-0.2, -0.15) is 5.26 Å². The van der Waals surface area contributed by atoms with Crippen molar-refractivity contribution in [1.29, 1.82) is 5.26 Å². The van der Waals surface area contributed by atoms with Crippen LogP contribution < -0.4 is 16.0 Å². The SMILES string of the molecule is COCCNCCC(=O)Nc1sc2c(c1-c1nc3cc(-c4cncc(C#N)c4)ccc3s1)CCNC2. The van der Waals surface area contributed by atoms with Crippen molar-refractivity contribution in [1.82, 2.24) is 20.6 Å². The molecule has 4 heterocycles. The third kappa shape index (κ3) is 5.31. The zero-order valence-corrected chi connectivity index (χ0v) is 21.5. The Morgan fingerprint density at radius 3 is 3.00 bits per heavy atom. The maximum Gasteiger partial charge on any atom is 0.226 e. The van der Waals surface area contributed by atoms with E-state index in [1.54, 1.807) is 42.2 Å². The van der Waals surface area contributed by atoms with Crippen molar-refractivity contribution in [2.75, 3.05) is 38.7 Å². The van der Waals surface area contributed by atoms with Crippen molar-refractivity contribution >= 4 is 43.8 Å². The van der Waals surface area contributed by atoms with Crippen molar-refractivity contribution < 1.29 is 9.53 Å². The van der Waals surface area contributed by atoms with Crippen LogP contribution >= 0.6 is 22.7 Å². The van der Waals surface area contributed by atoms with Gasteiger partial charge in [0.2, 0.25) is 5.91 Å². The summed E-state index contributed by atoms with van der Waals surface area (Å²) in [7, 11) is 1.66. The number of carbonyl (C=O) groups excluding carboxylic acids is 1. The number of anilines is 1. The smallest absolute Gasteiger partial charge is 0.226 e. The lowest BCUT2D eigenvalue weighted by Crippen LogP contribution is -2.24. The number of nitrogens with one attached hydrogen (secondary N) is 3. The largest absolute Gasteiger partial charge is 0.383 e. The van der Waals surface area contributed by atoms with E-state index in [1.807, 2.05) is 18.2 Å². The summed E-state index contributed by atoms with van der Waals surface area (Å²) in [5.74, 6) is -0.0130. The third-order valence-electron chi connectivity index (χ3n) is 5.99. The predicted octanol–water partition coefficient (Wildman–Crippen LogP) is 4.17. The molecule has 4 aromatic rings. The number of nitrogens with zero attached hydrogens (tertiary/aromatic N) is 3. The van der Waals surface area contributed by atoms with Crippen LogP contribution in [0.25, 0.3) is 31.9 Å². The number of aromatic nitrogens is 2. The molecular weight excluding hydrogens is 492 g/mol. The summed E-state index contributed by atoms with van der Waals surface area (Å²) < 4.78 is 6.11. The highest BCUT2D eigenvalue weighted by atomic mass is 32.1. The van der Waals surface area contributed by atoms with Gasteiger partial charge in [-0.15, -0.1) is 22.7 Å². The quantitative estimate of drug-likeness (QED) is 0.285. The van der Waals surface area contributed by atoms with Gasteiger partial charge in [0, 0.05) is 61.6 Å². The predicted molar refractivity (Wildman–Crippen MR) is 144 cm³/mol. The molecule has 1 aliphatic rings. The average Bonchev–Trinajstić information content (AvgIpc) is 3.48. The van der Waals surface area contributed by atoms with Crippen LogP contribution in [0.15, 0.2) is 36.7 Å². The van der Waals surface area contributed by atoms with E-state index in [1.165, 1.54) is 10.4 Å². The molecule has 3 aromatic heterocycles. The summed E-state index contributed by atoms with van der Waals surface area (Å²) in [6.07, 6.45) is 4.62. The van der Waals surface area contributed by atoms with E-state index < -0.39 is 0 Å². The minimum absolute atomic E-state index is 0.0130. The number of thiazole rings is 1. The Hall–Kier alpha value is -3.20. The second kappa shape index (κ2) is 11.2. The van der Waals surface area contributed by atoms with Gasteiger partial charge in [0.05, 0.1) is 22.4 Å². The summed E-state index contributed by atoms with van der Waals surface area (Å²) in [6.45, 7) is 3.65. The molecule has 0 bridgehead atoms. The fourth-order valence-corrected chi connectivity index (χ4v) is 6.54. The molecule has 1 aliphatic heterocycles. The Balaban J connectivity index is 1.44. The average molecular weight is 519 g/mol. The first-order valence-electron chi connectivity index (χ1n) is 11.8. The van der Waals surface area contributed by atoms with E-state index in [0.29, 0.717) is 25.1 Å². The first-order chi connectivity index (χ1) is 17.7. The number of carbonyl (C=O) groups is 1. The van der Waals surface area contributed by atoms with Gasteiger partial charge in [0.15, 0.2) is 0 Å². The molecule has 0 spiro atoms. The van der Waals surface area contributed by atoms with Gasteiger partial charge in [-0.05, 0) is 42.3 Å². The van der Waals surface area contributed by atoms with E-state index in [-0.39, 0.29) is 5.91 Å². The highest BCUT2D eigenvalue weighted by Crippen LogP contribution is 2.45. The number of benzene rings is 1. The number of thiophene rings is 1. The molecule has 1 amide bonds. The van der Waals surface area contributed by atoms with Gasteiger partial charge in [-0.1, -0.05) is 6.07 Å². The van der Waals surface area contributed by atoms with Crippen molar-refractivity contribution in [3.8, 4) is 27.8 Å². The minimum atomic E-state index is -0.0130. The molecule has 36 heavy (non-hydrogen) atoms. The minimum Gasteiger partial charge on any atom is -0.383 e. The number of methoxy groups -OCH3 is 1. The highest BCUT2D eigenvalue weighted by molar-refractivity contribution is 7.23. The van der Waals surface area contributed by atoms with Crippen molar-refractivity contribution in [3.05, 3.63) is 52.7 Å². The molecule has 10 heteroatoms. The summed E-state index contributed by atoms with van der Waals surface area (Å²) in [6, 6.07) is 10.1. The van der Waals surface area contributed by atoms with Crippen LogP contribution in [0.5, 0.6) is 0 Å². The van der Waals surface area contributed by atoms with Crippen LogP contribution in [0.4, 0.5) is 5.00 Å². The first-order valence-corrected chi connectivity index (χ1v) is 13.4. The van der Waals surface area contributed by atoms with Crippen molar-refractivity contribution in [2.24, 2.45) is 0 Å². The lowest BCUT2D eigenvalue weighted by Gasteiger charge is -2.13. The summed E-state index contributed by atoms with van der Waals surface area (Å²) in [5.41, 5.74) is 5.60. The number of fused-ring (bicyclic) bond motifs is 2. The van der Waals surface area contributed by atoms with Crippen LogP contribution in [0.1, 0.15) is 22.4 Å². The van der Waals surface area contributed by atoms with Crippen LogP contribution in [0.3, 0.4) is 0 Å². The molecule has 184 valence electrons. The Labute approximate surface area is 217 Å². The van der Waals surface area contributed by atoms with Gasteiger partial charge in [-0.3, -0.25) is 9.78 Å². The summed E-state index contributed by atoms with van der Waals surface area (Å²) in [5, 5.41) is 20.8. The number of nitriles is 1. The molecule has 0 saturated carbocycles. The Bertz CT molecular complexity index is 1440. The normalized spacial score (nSPS) is 12.9. The molecule has 3 N–H and O–H groups in total. The first kappa shape index (κ1) is 24.5. The van der Waals surface area contributed by atoms with Crippen LogP contribution in [0.2, 0.25) is 0 Å². The second-order valence-corrected chi connectivity index (χ2v) is 10.6. The molecule has 0 aliphatic carbocycles. The van der Waals surface area contributed by atoms with Crippen molar-refractivity contribution in [3.63, 3.8) is 0 Å². The number of pyridine rings is 1. The summed E-state index contributed by atoms with van der Waals surface area (Å²) in [4.78, 5) is 23.2. The van der Waals surface area contributed by atoms with Gasteiger partial charge in [0.1, 0.15) is 16.1 Å². The zero-order chi connectivity index (χ0) is 24.9. The van der Waals surface area contributed by atoms with Crippen LogP contribution in [-0.2, 0) is 22.5 Å². The molecule has 0 unspecified atom stereocenters. The lowest BCUT2D eigenvalue weighted by atomic mass is 10.0. The molecular formula is C26H26N6O2S2.